The molecule has 1 fully saturated rings. The molecule has 0 aromatic heterocycles. The number of hydrogen-bond acceptors (Lipinski definition) is 4. The van der Waals surface area contributed by atoms with E-state index in [1.807, 2.05) is 13.1 Å². The molecule has 168 valence electrons. The van der Waals surface area contributed by atoms with Gasteiger partial charge in [0.1, 0.15) is 11.6 Å². The number of fused-ring (bicyclic) bond motifs is 1. The number of likely N-dealkylation sites (N-methyl/N-ethyl adjacent to an activating group) is 1. The molecule has 8 heteroatoms. The number of ether oxygens (including phenoxy) is 1. The molecule has 2 aromatic carbocycles. The molecular weight excluding hydrogens is 422 g/mol. The molecule has 0 heterocycles. The molecule has 2 aromatic rings. The lowest BCUT2D eigenvalue weighted by Gasteiger charge is -2.25. The van der Waals surface area contributed by atoms with Crippen molar-refractivity contribution in [3.8, 4) is 0 Å². The summed E-state index contributed by atoms with van der Waals surface area (Å²) < 4.78 is 60.5. The molecule has 3 unspecified atom stereocenters. The van der Waals surface area contributed by atoms with Crippen LogP contribution >= 0.6 is 0 Å². The van der Waals surface area contributed by atoms with E-state index in [-0.39, 0.29) is 48.4 Å². The lowest BCUT2D eigenvalue weighted by atomic mass is 9.90. The van der Waals surface area contributed by atoms with E-state index >= 15 is 0 Å². The zero-order valence-corrected chi connectivity index (χ0v) is 18.3. The van der Waals surface area contributed by atoms with Crippen LogP contribution in [0.5, 0.6) is 0 Å². The predicted molar refractivity (Wildman–Crippen MR) is 115 cm³/mol. The molecule has 2 aliphatic rings. The molecule has 2 N–H and O–H groups in total. The van der Waals surface area contributed by atoms with Crippen LogP contribution in [0.1, 0.15) is 41.6 Å². The highest BCUT2D eigenvalue weighted by molar-refractivity contribution is 7.89. The van der Waals surface area contributed by atoms with Gasteiger partial charge in [-0.1, -0.05) is 18.2 Å². The second-order valence-electron chi connectivity index (χ2n) is 8.44. The third kappa shape index (κ3) is 5.49. The quantitative estimate of drug-likeness (QED) is 0.545. The minimum atomic E-state index is -3.30. The van der Waals surface area contributed by atoms with Crippen LogP contribution in [0.25, 0.3) is 0 Å². The summed E-state index contributed by atoms with van der Waals surface area (Å²) in [5.74, 6) is -0.223. The Kier molecular flexibility index (Phi) is 6.71. The van der Waals surface area contributed by atoms with Gasteiger partial charge in [0.05, 0.1) is 18.5 Å². The lowest BCUT2D eigenvalue weighted by Crippen LogP contribution is -2.36. The van der Waals surface area contributed by atoms with Crippen molar-refractivity contribution in [2.24, 2.45) is 5.92 Å². The van der Waals surface area contributed by atoms with Crippen LogP contribution in [0.4, 0.5) is 8.78 Å². The lowest BCUT2D eigenvalue weighted by molar-refractivity contribution is 0.0337. The van der Waals surface area contributed by atoms with Gasteiger partial charge in [0, 0.05) is 18.5 Å². The Labute approximate surface area is 182 Å². The minimum absolute atomic E-state index is 0.0287. The Bertz CT molecular complexity index is 1030. The van der Waals surface area contributed by atoms with Crippen molar-refractivity contribution in [1.82, 2.24) is 10.0 Å². The monoisotopic (exact) mass is 450 g/mol. The molecule has 2 aliphatic carbocycles. The van der Waals surface area contributed by atoms with Crippen molar-refractivity contribution >= 4 is 10.0 Å². The molecule has 1 saturated carbocycles. The molecule has 0 radical (unpaired) electrons. The Morgan fingerprint density at radius 3 is 2.55 bits per heavy atom. The fourth-order valence-electron chi connectivity index (χ4n) is 4.47. The SMILES string of the molecule is CNC1C(Cc2cccc(F)c2)c2ccc(F)cc2C1OCCNS(=O)(=O)CC1CC1. The third-order valence-electron chi connectivity index (χ3n) is 6.07. The molecule has 0 amide bonds. The van der Waals surface area contributed by atoms with Crippen LogP contribution in [0.3, 0.4) is 0 Å². The Morgan fingerprint density at radius 2 is 1.84 bits per heavy atom. The zero-order valence-electron chi connectivity index (χ0n) is 17.5. The van der Waals surface area contributed by atoms with Gasteiger partial charge in [-0.3, -0.25) is 0 Å². The molecule has 3 atom stereocenters. The predicted octanol–water partition coefficient (Wildman–Crippen LogP) is 3.28. The van der Waals surface area contributed by atoms with Crippen molar-refractivity contribution in [3.63, 3.8) is 0 Å². The summed E-state index contributed by atoms with van der Waals surface area (Å²) in [5, 5.41) is 3.28. The summed E-state index contributed by atoms with van der Waals surface area (Å²) in [6.45, 7) is 0.344. The summed E-state index contributed by atoms with van der Waals surface area (Å²) >= 11 is 0. The summed E-state index contributed by atoms with van der Waals surface area (Å²) in [5.41, 5.74) is 2.57. The highest BCUT2D eigenvalue weighted by Crippen LogP contribution is 2.44. The van der Waals surface area contributed by atoms with E-state index in [2.05, 4.69) is 10.0 Å². The molecule has 4 rings (SSSR count). The van der Waals surface area contributed by atoms with Crippen LogP contribution in [-0.2, 0) is 21.2 Å². The second kappa shape index (κ2) is 9.32. The molecule has 0 saturated heterocycles. The van der Waals surface area contributed by atoms with E-state index in [1.165, 1.54) is 24.3 Å². The number of sulfonamides is 1. The van der Waals surface area contributed by atoms with Crippen LogP contribution < -0.4 is 10.0 Å². The first-order valence-electron chi connectivity index (χ1n) is 10.7. The van der Waals surface area contributed by atoms with E-state index in [9.17, 15) is 17.2 Å². The van der Waals surface area contributed by atoms with Gasteiger partial charge in [-0.25, -0.2) is 21.9 Å². The van der Waals surface area contributed by atoms with Crippen LogP contribution in [0.2, 0.25) is 0 Å². The summed E-state index contributed by atoms with van der Waals surface area (Å²) in [6.07, 6.45) is 2.09. The third-order valence-corrected chi connectivity index (χ3v) is 7.62. The van der Waals surface area contributed by atoms with Crippen molar-refractivity contribution in [1.29, 1.82) is 0 Å². The van der Waals surface area contributed by atoms with E-state index in [0.717, 1.165) is 29.5 Å². The van der Waals surface area contributed by atoms with Gasteiger partial charge in [-0.05, 0) is 73.2 Å². The number of nitrogens with one attached hydrogen (secondary N) is 2. The van der Waals surface area contributed by atoms with E-state index in [1.54, 1.807) is 12.1 Å². The van der Waals surface area contributed by atoms with E-state index in [4.69, 9.17) is 4.74 Å². The van der Waals surface area contributed by atoms with Crippen molar-refractivity contribution in [2.75, 3.05) is 26.0 Å². The average Bonchev–Trinajstić information content (AvgIpc) is 3.47. The van der Waals surface area contributed by atoms with Crippen molar-refractivity contribution in [2.45, 2.75) is 37.3 Å². The van der Waals surface area contributed by atoms with Gasteiger partial charge in [0.2, 0.25) is 10.0 Å². The average molecular weight is 451 g/mol. The standard InChI is InChI=1S/C23H28F2N2O3S/c1-26-22-20(12-16-3-2-4-17(24)11-16)19-8-7-18(25)13-21(19)23(22)30-10-9-27-31(28,29)14-15-5-6-15/h2-4,7-8,11,13,15,20,22-23,26-27H,5-6,9-10,12,14H2,1H3. The number of hydrogen-bond donors (Lipinski definition) is 2. The van der Waals surface area contributed by atoms with Gasteiger partial charge < -0.3 is 10.1 Å². The topological polar surface area (TPSA) is 67.4 Å². The van der Waals surface area contributed by atoms with Gasteiger partial charge in [-0.15, -0.1) is 0 Å². The fourth-order valence-corrected chi connectivity index (χ4v) is 5.93. The largest absolute Gasteiger partial charge is 0.370 e. The first-order chi connectivity index (χ1) is 14.9. The Hall–Kier alpha value is -1.87. The summed E-state index contributed by atoms with van der Waals surface area (Å²) in [4.78, 5) is 0. The van der Waals surface area contributed by atoms with Crippen LogP contribution in [0, 0.1) is 17.6 Å². The van der Waals surface area contributed by atoms with Crippen LogP contribution in [-0.4, -0.2) is 40.4 Å². The van der Waals surface area contributed by atoms with E-state index in [0.29, 0.717) is 6.42 Å². The number of benzene rings is 2. The number of halogens is 2. The second-order valence-corrected chi connectivity index (χ2v) is 10.3. The first kappa shape index (κ1) is 22.3. The molecule has 0 bridgehead atoms. The fraction of sp³-hybridized carbons (Fsp3) is 0.478. The van der Waals surface area contributed by atoms with Gasteiger partial charge in [0.25, 0.3) is 0 Å². The van der Waals surface area contributed by atoms with E-state index < -0.39 is 16.1 Å². The molecule has 5 nitrogen and oxygen atoms in total. The van der Waals surface area contributed by atoms with Gasteiger partial charge in [-0.2, -0.15) is 0 Å². The highest BCUT2D eigenvalue weighted by Gasteiger charge is 2.41. The smallest absolute Gasteiger partial charge is 0.211 e. The first-order valence-corrected chi connectivity index (χ1v) is 12.3. The van der Waals surface area contributed by atoms with Gasteiger partial charge >= 0.3 is 0 Å². The molecule has 0 aliphatic heterocycles. The highest BCUT2D eigenvalue weighted by atomic mass is 32.2. The van der Waals surface area contributed by atoms with Gasteiger partial charge in [0.15, 0.2) is 0 Å². The van der Waals surface area contributed by atoms with Crippen LogP contribution in [0.15, 0.2) is 42.5 Å². The summed E-state index contributed by atoms with van der Waals surface area (Å²) in [6, 6.07) is 11.0. The zero-order chi connectivity index (χ0) is 22.0. The number of rotatable bonds is 10. The maximum absolute atomic E-state index is 14.0. The normalized spacial score (nSPS) is 23.1. The summed E-state index contributed by atoms with van der Waals surface area (Å²) in [7, 11) is -1.48. The molecule has 31 heavy (non-hydrogen) atoms. The Balaban J connectivity index is 1.47. The van der Waals surface area contributed by atoms with Crippen molar-refractivity contribution < 1.29 is 21.9 Å². The Morgan fingerprint density at radius 1 is 1.06 bits per heavy atom. The maximum Gasteiger partial charge on any atom is 0.211 e. The molecule has 0 spiro atoms. The maximum atomic E-state index is 14.0. The molecular formula is C23H28F2N2O3S. The minimum Gasteiger partial charge on any atom is -0.370 e. The van der Waals surface area contributed by atoms with Crippen molar-refractivity contribution in [3.05, 3.63) is 70.8 Å².